The summed E-state index contributed by atoms with van der Waals surface area (Å²) < 4.78 is 25.7. The van der Waals surface area contributed by atoms with Crippen molar-refractivity contribution in [1.82, 2.24) is 14.4 Å². The van der Waals surface area contributed by atoms with Gasteiger partial charge in [0.1, 0.15) is 10.7 Å². The van der Waals surface area contributed by atoms with Crippen LogP contribution in [-0.2, 0) is 14.9 Å². The first kappa shape index (κ1) is 20.8. The topological polar surface area (TPSA) is 104 Å². The van der Waals surface area contributed by atoms with Crippen molar-refractivity contribution < 1.29 is 18.0 Å². The maximum atomic E-state index is 12.7. The van der Waals surface area contributed by atoms with Crippen LogP contribution >= 0.6 is 11.6 Å². The fourth-order valence-corrected chi connectivity index (χ4v) is 4.74. The van der Waals surface area contributed by atoms with Crippen molar-refractivity contribution >= 4 is 44.3 Å². The first-order valence-corrected chi connectivity index (χ1v) is 11.2. The van der Waals surface area contributed by atoms with E-state index in [1.54, 1.807) is 6.07 Å². The molecule has 2 aromatic carbocycles. The third kappa shape index (κ3) is 3.81. The summed E-state index contributed by atoms with van der Waals surface area (Å²) in [5, 5.41) is 2.79. The van der Waals surface area contributed by atoms with Crippen LogP contribution in [0.5, 0.6) is 0 Å². The molecule has 0 unspecified atom stereocenters. The minimum atomic E-state index is -3.99. The van der Waals surface area contributed by atoms with E-state index in [-0.39, 0.29) is 15.5 Å². The zero-order chi connectivity index (χ0) is 21.5. The number of halogens is 1. The molecule has 1 fully saturated rings. The van der Waals surface area contributed by atoms with Gasteiger partial charge in [0.25, 0.3) is 15.9 Å². The zero-order valence-electron chi connectivity index (χ0n) is 16.5. The molecule has 0 saturated heterocycles. The first-order valence-electron chi connectivity index (χ1n) is 9.43. The Morgan fingerprint density at radius 1 is 1.27 bits per heavy atom. The molecular weight excluding hydrogens is 428 g/mol. The van der Waals surface area contributed by atoms with Crippen molar-refractivity contribution in [2.24, 2.45) is 0 Å². The number of carbonyl (C=O) groups excluding carboxylic acids is 1. The second-order valence-corrected chi connectivity index (χ2v) is 9.49. The average molecular weight is 449 g/mol. The van der Waals surface area contributed by atoms with Gasteiger partial charge in [-0.1, -0.05) is 22.5 Å². The van der Waals surface area contributed by atoms with Crippen LogP contribution in [0, 0.1) is 0 Å². The van der Waals surface area contributed by atoms with Crippen molar-refractivity contribution in [3.63, 3.8) is 0 Å². The number of rotatable bonds is 6. The molecule has 0 aliphatic heterocycles. The lowest BCUT2D eigenvalue weighted by Crippen LogP contribution is -2.26. The number of anilines is 1. The van der Waals surface area contributed by atoms with Gasteiger partial charge in [-0.2, -0.15) is 0 Å². The summed E-state index contributed by atoms with van der Waals surface area (Å²) in [6.45, 7) is 0. The number of amides is 1. The largest absolute Gasteiger partial charge is 0.342 e. The first-order chi connectivity index (χ1) is 14.3. The lowest BCUT2D eigenvalue weighted by molar-refractivity contribution is -0.0258. The minimum absolute atomic E-state index is 0.00199. The molecule has 1 aromatic heterocycles. The van der Waals surface area contributed by atoms with Gasteiger partial charge in [-0.3, -0.25) is 9.63 Å². The quantitative estimate of drug-likeness (QED) is 0.556. The Bertz CT molecular complexity index is 1220. The molecule has 3 aromatic rings. The number of aromatic amines is 1. The Kier molecular flexibility index (Phi) is 5.54. The van der Waals surface area contributed by atoms with Gasteiger partial charge in [-0.25, -0.2) is 13.4 Å². The minimum Gasteiger partial charge on any atom is -0.342 e. The van der Waals surface area contributed by atoms with Gasteiger partial charge in [0.05, 0.1) is 23.2 Å². The molecule has 2 N–H and O–H groups in total. The Hall–Kier alpha value is -2.46. The SMILES string of the molecule is CON(C)S(=O)(=O)c1cc(C(=O)Nc2ccc3nc(C4CCC4)[nH]c3c2)ccc1Cl. The molecule has 0 atom stereocenters. The normalized spacial score (nSPS) is 14.8. The highest BCUT2D eigenvalue weighted by molar-refractivity contribution is 7.89. The number of nitrogens with one attached hydrogen (secondary N) is 2. The molecule has 1 saturated carbocycles. The van der Waals surface area contributed by atoms with E-state index in [1.165, 1.54) is 38.8 Å². The van der Waals surface area contributed by atoms with Gasteiger partial charge in [-0.15, -0.1) is 0 Å². The third-order valence-electron chi connectivity index (χ3n) is 5.32. The standard InChI is InChI=1S/C20H21ClN4O4S/c1-25(29-2)30(27,28)18-10-13(6-8-15(18)21)20(26)22-14-7-9-16-17(11-14)24-19(23-16)12-4-3-5-12/h6-12H,3-5H2,1-2H3,(H,22,26)(H,23,24). The summed E-state index contributed by atoms with van der Waals surface area (Å²) in [6, 6.07) is 9.48. The molecule has 1 heterocycles. The summed E-state index contributed by atoms with van der Waals surface area (Å²) in [7, 11) is -1.52. The van der Waals surface area contributed by atoms with E-state index in [4.69, 9.17) is 16.4 Å². The highest BCUT2D eigenvalue weighted by Gasteiger charge is 2.25. The summed E-state index contributed by atoms with van der Waals surface area (Å²) in [4.78, 5) is 25.2. The molecular formula is C20H21ClN4O4S. The fraction of sp³-hybridized carbons (Fsp3) is 0.300. The predicted molar refractivity (Wildman–Crippen MR) is 114 cm³/mol. The predicted octanol–water partition coefficient (Wildman–Crippen LogP) is 3.92. The fourth-order valence-electron chi connectivity index (χ4n) is 3.26. The van der Waals surface area contributed by atoms with Crippen molar-refractivity contribution in [2.45, 2.75) is 30.1 Å². The van der Waals surface area contributed by atoms with Crippen molar-refractivity contribution in [1.29, 1.82) is 0 Å². The molecule has 4 rings (SSSR count). The Labute approximate surface area is 179 Å². The second-order valence-electron chi connectivity index (χ2n) is 7.18. The molecule has 158 valence electrons. The number of hydroxylamine groups is 1. The summed E-state index contributed by atoms with van der Waals surface area (Å²) in [5.41, 5.74) is 2.42. The number of sulfonamides is 1. The van der Waals surface area contributed by atoms with Crippen LogP contribution in [-0.4, -0.2) is 42.9 Å². The van der Waals surface area contributed by atoms with Gasteiger partial charge in [0, 0.05) is 24.2 Å². The van der Waals surface area contributed by atoms with Crippen molar-refractivity contribution in [3.8, 4) is 0 Å². The number of H-pyrrole nitrogens is 1. The molecule has 1 amide bonds. The Morgan fingerprint density at radius 3 is 2.70 bits per heavy atom. The molecule has 0 radical (unpaired) electrons. The van der Waals surface area contributed by atoms with Crippen LogP contribution in [0.4, 0.5) is 5.69 Å². The van der Waals surface area contributed by atoms with Crippen LogP contribution in [0.3, 0.4) is 0 Å². The summed E-state index contributed by atoms with van der Waals surface area (Å²) in [6.07, 6.45) is 3.51. The smallest absolute Gasteiger partial charge is 0.266 e. The summed E-state index contributed by atoms with van der Waals surface area (Å²) in [5.74, 6) is 1.01. The number of nitrogens with zero attached hydrogens (tertiary/aromatic N) is 2. The molecule has 1 aliphatic rings. The monoisotopic (exact) mass is 448 g/mol. The molecule has 0 bridgehead atoms. The van der Waals surface area contributed by atoms with Crippen LogP contribution in [0.15, 0.2) is 41.3 Å². The Morgan fingerprint density at radius 2 is 2.03 bits per heavy atom. The molecule has 1 aliphatic carbocycles. The van der Waals surface area contributed by atoms with Crippen molar-refractivity contribution in [2.75, 3.05) is 19.5 Å². The van der Waals surface area contributed by atoms with Crippen LogP contribution in [0.2, 0.25) is 5.02 Å². The van der Waals surface area contributed by atoms with Crippen LogP contribution in [0.1, 0.15) is 41.4 Å². The Balaban J connectivity index is 1.58. The van der Waals surface area contributed by atoms with Gasteiger partial charge in [-0.05, 0) is 49.2 Å². The van der Waals surface area contributed by atoms with Crippen LogP contribution in [0.25, 0.3) is 11.0 Å². The highest BCUT2D eigenvalue weighted by atomic mass is 35.5. The zero-order valence-corrected chi connectivity index (χ0v) is 18.0. The molecule has 0 spiro atoms. The summed E-state index contributed by atoms with van der Waals surface area (Å²) >= 11 is 6.05. The van der Waals surface area contributed by atoms with E-state index in [9.17, 15) is 13.2 Å². The van der Waals surface area contributed by atoms with E-state index < -0.39 is 15.9 Å². The van der Waals surface area contributed by atoms with Crippen molar-refractivity contribution in [3.05, 3.63) is 52.8 Å². The lowest BCUT2D eigenvalue weighted by Gasteiger charge is -2.22. The van der Waals surface area contributed by atoms with E-state index >= 15 is 0 Å². The van der Waals surface area contributed by atoms with Gasteiger partial charge < -0.3 is 10.3 Å². The van der Waals surface area contributed by atoms with E-state index in [1.807, 2.05) is 12.1 Å². The molecule has 10 heteroatoms. The maximum absolute atomic E-state index is 12.7. The number of imidazole rings is 1. The number of hydrogen-bond acceptors (Lipinski definition) is 5. The number of hydrogen-bond donors (Lipinski definition) is 2. The van der Waals surface area contributed by atoms with Gasteiger partial charge in [0.2, 0.25) is 0 Å². The van der Waals surface area contributed by atoms with Gasteiger partial charge in [0.15, 0.2) is 0 Å². The van der Waals surface area contributed by atoms with E-state index in [0.717, 1.165) is 29.7 Å². The number of aromatic nitrogens is 2. The maximum Gasteiger partial charge on any atom is 0.266 e. The molecule has 30 heavy (non-hydrogen) atoms. The highest BCUT2D eigenvalue weighted by Crippen LogP contribution is 2.35. The number of fused-ring (bicyclic) bond motifs is 1. The second kappa shape index (κ2) is 7.99. The average Bonchev–Trinajstić information content (AvgIpc) is 3.08. The third-order valence-corrected chi connectivity index (χ3v) is 7.48. The van der Waals surface area contributed by atoms with E-state index in [2.05, 4.69) is 15.3 Å². The lowest BCUT2D eigenvalue weighted by atomic mass is 9.85. The number of carbonyl (C=O) groups is 1. The number of benzene rings is 2. The van der Waals surface area contributed by atoms with Crippen LogP contribution < -0.4 is 5.32 Å². The van der Waals surface area contributed by atoms with Gasteiger partial charge >= 0.3 is 0 Å². The molecule has 8 nitrogen and oxygen atoms in total. The van der Waals surface area contributed by atoms with E-state index in [0.29, 0.717) is 16.1 Å².